The van der Waals surface area contributed by atoms with Crippen LogP contribution < -0.4 is 5.73 Å². The molecule has 2 atom stereocenters. The first-order chi connectivity index (χ1) is 11.6. The molecule has 6 nitrogen and oxygen atoms in total. The predicted octanol–water partition coefficient (Wildman–Crippen LogP) is 1.36. The number of hydrogen-bond donors (Lipinski definition) is 2. The third kappa shape index (κ3) is 3.11. The van der Waals surface area contributed by atoms with Crippen molar-refractivity contribution in [2.75, 3.05) is 19.8 Å². The summed E-state index contributed by atoms with van der Waals surface area (Å²) < 4.78 is 5.36. The number of nitrogens with two attached hydrogens (primary N) is 1. The number of phenolic OH excluding ortho intramolecular Hbond substituents is 1. The fourth-order valence-electron chi connectivity index (χ4n) is 3.35. The lowest BCUT2D eigenvalue weighted by molar-refractivity contribution is -0.125. The molecule has 0 saturated carbocycles. The summed E-state index contributed by atoms with van der Waals surface area (Å²) in [5, 5.41) is 12.3. The number of amides is 1. The van der Waals surface area contributed by atoms with Gasteiger partial charge in [0.05, 0.1) is 19.3 Å². The molecule has 0 aromatic heterocycles. The number of phenols is 1. The van der Waals surface area contributed by atoms with Crippen LogP contribution in [0.4, 0.5) is 0 Å². The van der Waals surface area contributed by atoms with Gasteiger partial charge in [0, 0.05) is 24.6 Å². The molecule has 1 saturated heterocycles. The number of aldehydes is 1. The zero-order valence-electron chi connectivity index (χ0n) is 13.2. The minimum Gasteiger partial charge on any atom is -0.508 e. The van der Waals surface area contributed by atoms with E-state index < -0.39 is 18.0 Å². The lowest BCUT2D eigenvalue weighted by Gasteiger charge is -2.39. The first-order valence-corrected chi connectivity index (χ1v) is 7.89. The number of morpholine rings is 1. The monoisotopic (exact) mass is 328 g/mol. The van der Waals surface area contributed by atoms with Crippen LogP contribution in [-0.4, -0.2) is 48.0 Å². The maximum atomic E-state index is 11.7. The molecule has 3 N–H and O–H groups in total. The Labute approximate surface area is 139 Å². The van der Waals surface area contributed by atoms with E-state index >= 15 is 0 Å². The van der Waals surface area contributed by atoms with Gasteiger partial charge in [0.25, 0.3) is 0 Å². The number of benzene rings is 2. The molecule has 0 aliphatic carbocycles. The maximum absolute atomic E-state index is 11.7. The zero-order chi connectivity index (χ0) is 17.1. The van der Waals surface area contributed by atoms with Crippen LogP contribution in [0.15, 0.2) is 36.4 Å². The van der Waals surface area contributed by atoms with Crippen molar-refractivity contribution >= 4 is 23.0 Å². The largest absolute Gasteiger partial charge is 0.508 e. The Morgan fingerprint density at radius 2 is 2.17 bits per heavy atom. The summed E-state index contributed by atoms with van der Waals surface area (Å²) in [7, 11) is 0. The molecule has 6 heteroatoms. The van der Waals surface area contributed by atoms with Gasteiger partial charge in [-0.1, -0.05) is 30.3 Å². The Balaban J connectivity index is 2.14. The van der Waals surface area contributed by atoms with E-state index in [1.54, 1.807) is 6.07 Å². The van der Waals surface area contributed by atoms with E-state index in [4.69, 9.17) is 10.5 Å². The highest BCUT2D eigenvalue weighted by Crippen LogP contribution is 2.38. The van der Waals surface area contributed by atoms with Crippen molar-refractivity contribution in [3.8, 4) is 5.75 Å². The lowest BCUT2D eigenvalue weighted by atomic mass is 9.93. The van der Waals surface area contributed by atoms with Crippen molar-refractivity contribution in [3.63, 3.8) is 0 Å². The Bertz CT molecular complexity index is 762. The summed E-state index contributed by atoms with van der Waals surface area (Å²) >= 11 is 0. The number of nitrogens with zero attached hydrogens (tertiary/aromatic N) is 1. The third-order valence-electron chi connectivity index (χ3n) is 4.44. The van der Waals surface area contributed by atoms with E-state index in [1.807, 2.05) is 35.2 Å². The Kier molecular flexibility index (Phi) is 4.78. The number of aromatic hydroxyl groups is 1. The minimum atomic E-state index is -0.483. The van der Waals surface area contributed by atoms with Gasteiger partial charge in [-0.15, -0.1) is 0 Å². The standard InChI is InChI=1S/C18H20N2O4/c19-17(23)9-15(20-7-8-24-11-13(20)10-21)18-14-4-2-1-3-12(14)5-6-16(18)22/h1-6,10,13,15,22H,7-9,11H2,(H2,19,23). The van der Waals surface area contributed by atoms with Crippen molar-refractivity contribution in [3.05, 3.63) is 42.0 Å². The van der Waals surface area contributed by atoms with Gasteiger partial charge in [0.1, 0.15) is 12.0 Å². The number of carbonyl (C=O) groups is 2. The molecular formula is C18H20N2O4. The van der Waals surface area contributed by atoms with Crippen LogP contribution >= 0.6 is 0 Å². The summed E-state index contributed by atoms with van der Waals surface area (Å²) in [4.78, 5) is 25.0. The molecule has 1 fully saturated rings. The predicted molar refractivity (Wildman–Crippen MR) is 89.5 cm³/mol. The zero-order valence-corrected chi connectivity index (χ0v) is 13.2. The fourth-order valence-corrected chi connectivity index (χ4v) is 3.35. The average molecular weight is 328 g/mol. The van der Waals surface area contributed by atoms with E-state index in [2.05, 4.69) is 0 Å². The molecule has 126 valence electrons. The SMILES string of the molecule is NC(=O)CC(c1c(O)ccc2ccccc12)N1CCOCC1C=O. The van der Waals surface area contributed by atoms with Crippen LogP contribution in [0, 0.1) is 0 Å². The fraction of sp³-hybridized carbons (Fsp3) is 0.333. The molecule has 0 radical (unpaired) electrons. The highest BCUT2D eigenvalue weighted by molar-refractivity contribution is 5.89. The first kappa shape index (κ1) is 16.4. The summed E-state index contributed by atoms with van der Waals surface area (Å²) in [5.41, 5.74) is 6.08. The van der Waals surface area contributed by atoms with Gasteiger partial charge in [0.2, 0.25) is 5.91 Å². The second-order valence-electron chi connectivity index (χ2n) is 5.92. The van der Waals surface area contributed by atoms with E-state index in [-0.39, 0.29) is 18.8 Å². The van der Waals surface area contributed by atoms with Gasteiger partial charge >= 0.3 is 0 Å². The van der Waals surface area contributed by atoms with E-state index in [0.717, 1.165) is 17.1 Å². The second kappa shape index (κ2) is 6.98. The van der Waals surface area contributed by atoms with Crippen LogP contribution in [0.1, 0.15) is 18.0 Å². The normalized spacial score (nSPS) is 19.9. The first-order valence-electron chi connectivity index (χ1n) is 7.89. The van der Waals surface area contributed by atoms with Gasteiger partial charge in [-0.2, -0.15) is 0 Å². The summed E-state index contributed by atoms with van der Waals surface area (Å²) in [6.07, 6.45) is 0.835. The van der Waals surface area contributed by atoms with E-state index in [9.17, 15) is 14.7 Å². The molecule has 1 aliphatic heterocycles. The Morgan fingerprint density at radius 3 is 2.92 bits per heavy atom. The molecule has 1 heterocycles. The Hall–Kier alpha value is -2.44. The van der Waals surface area contributed by atoms with Crippen molar-refractivity contribution in [2.24, 2.45) is 5.73 Å². The maximum Gasteiger partial charge on any atom is 0.219 e. The molecule has 1 aliphatic rings. The smallest absolute Gasteiger partial charge is 0.219 e. The topological polar surface area (TPSA) is 92.9 Å². The van der Waals surface area contributed by atoms with Crippen LogP contribution in [0.25, 0.3) is 10.8 Å². The quantitative estimate of drug-likeness (QED) is 0.809. The van der Waals surface area contributed by atoms with Crippen molar-refractivity contribution in [2.45, 2.75) is 18.5 Å². The summed E-state index contributed by atoms with van der Waals surface area (Å²) in [6.45, 7) is 1.22. The molecule has 0 spiro atoms. The number of hydrogen-bond acceptors (Lipinski definition) is 5. The highest BCUT2D eigenvalue weighted by Gasteiger charge is 2.33. The van der Waals surface area contributed by atoms with E-state index in [1.165, 1.54) is 0 Å². The van der Waals surface area contributed by atoms with Crippen molar-refractivity contribution in [1.82, 2.24) is 4.90 Å². The summed E-state index contributed by atoms with van der Waals surface area (Å²) in [6, 6.07) is 10.1. The molecule has 0 bridgehead atoms. The lowest BCUT2D eigenvalue weighted by Crippen LogP contribution is -2.49. The highest BCUT2D eigenvalue weighted by atomic mass is 16.5. The second-order valence-corrected chi connectivity index (χ2v) is 5.92. The van der Waals surface area contributed by atoms with Crippen LogP contribution in [-0.2, 0) is 14.3 Å². The number of primary amides is 1. The third-order valence-corrected chi connectivity index (χ3v) is 4.44. The number of fused-ring (bicyclic) bond motifs is 1. The van der Waals surface area contributed by atoms with Gasteiger partial charge < -0.3 is 20.4 Å². The van der Waals surface area contributed by atoms with Gasteiger partial charge in [-0.25, -0.2) is 0 Å². The number of rotatable bonds is 5. The molecule has 2 aromatic rings. The van der Waals surface area contributed by atoms with Crippen LogP contribution in [0.2, 0.25) is 0 Å². The van der Waals surface area contributed by atoms with Crippen LogP contribution in [0.3, 0.4) is 0 Å². The van der Waals surface area contributed by atoms with Crippen molar-refractivity contribution < 1.29 is 19.4 Å². The summed E-state index contributed by atoms with van der Waals surface area (Å²) in [5.74, 6) is -0.389. The molecule has 3 rings (SSSR count). The molecule has 1 amide bonds. The molecule has 2 aromatic carbocycles. The molecular weight excluding hydrogens is 308 g/mol. The van der Waals surface area contributed by atoms with Crippen LogP contribution in [0.5, 0.6) is 5.75 Å². The number of ether oxygens (including phenoxy) is 1. The minimum absolute atomic E-state index is 0.0197. The molecule has 2 unspecified atom stereocenters. The van der Waals surface area contributed by atoms with Gasteiger partial charge in [-0.05, 0) is 16.8 Å². The van der Waals surface area contributed by atoms with E-state index in [0.29, 0.717) is 18.7 Å². The Morgan fingerprint density at radius 1 is 1.38 bits per heavy atom. The van der Waals surface area contributed by atoms with Gasteiger partial charge in [-0.3, -0.25) is 9.69 Å². The molecule has 24 heavy (non-hydrogen) atoms. The van der Waals surface area contributed by atoms with Crippen molar-refractivity contribution in [1.29, 1.82) is 0 Å². The number of carbonyl (C=O) groups excluding carboxylic acids is 2. The van der Waals surface area contributed by atoms with Gasteiger partial charge in [0.15, 0.2) is 0 Å². The average Bonchev–Trinajstić information content (AvgIpc) is 2.60.